The predicted octanol–water partition coefficient (Wildman–Crippen LogP) is 1.76. The van der Waals surface area contributed by atoms with Gasteiger partial charge in [0.1, 0.15) is 12.2 Å². The minimum Gasteiger partial charge on any atom is -0.329 e. The zero-order valence-corrected chi connectivity index (χ0v) is 14.4. The predicted molar refractivity (Wildman–Crippen MR) is 88.2 cm³/mol. The fourth-order valence-electron chi connectivity index (χ4n) is 2.79. The first-order chi connectivity index (χ1) is 10.4. The summed E-state index contributed by atoms with van der Waals surface area (Å²) in [7, 11) is 0. The number of rotatable bonds is 3. The van der Waals surface area contributed by atoms with E-state index in [1.165, 1.54) is 17.7 Å². The lowest BCUT2D eigenvalue weighted by molar-refractivity contribution is -0.120. The van der Waals surface area contributed by atoms with Crippen molar-refractivity contribution in [2.24, 2.45) is 0 Å². The highest BCUT2D eigenvalue weighted by Crippen LogP contribution is 2.22. The molecule has 7 heteroatoms. The van der Waals surface area contributed by atoms with Gasteiger partial charge in [-0.2, -0.15) is 5.26 Å². The number of amides is 1. The molecule has 0 saturated carbocycles. The molecule has 2 atom stereocenters. The van der Waals surface area contributed by atoms with Gasteiger partial charge in [-0.25, -0.2) is 4.39 Å². The lowest BCUT2D eigenvalue weighted by Gasteiger charge is -2.37. The van der Waals surface area contributed by atoms with Crippen LogP contribution in [0.4, 0.5) is 4.39 Å². The van der Waals surface area contributed by atoms with E-state index in [1.807, 2.05) is 6.07 Å². The topological polar surface area (TPSA) is 59.4 Å². The minimum atomic E-state index is -0.921. The molecule has 2 fully saturated rings. The van der Waals surface area contributed by atoms with Gasteiger partial charge in [-0.1, -0.05) is 19.7 Å². The number of hydrogen-bond donors (Lipinski definition) is 2. The van der Waals surface area contributed by atoms with E-state index < -0.39 is 12.2 Å². The Bertz CT molecular complexity index is 382. The molecule has 1 amide bonds. The van der Waals surface area contributed by atoms with Crippen molar-refractivity contribution in [1.82, 2.24) is 14.5 Å². The smallest absolute Gasteiger partial charge is 0.210 e. The molecule has 0 aromatic heterocycles. The first-order valence-corrected chi connectivity index (χ1v) is 8.27. The second kappa shape index (κ2) is 9.33. The molecule has 2 aliphatic rings. The van der Waals surface area contributed by atoms with Gasteiger partial charge < -0.3 is 10.2 Å². The van der Waals surface area contributed by atoms with Gasteiger partial charge in [0.05, 0.1) is 6.07 Å². The van der Waals surface area contributed by atoms with Crippen LogP contribution in [0.5, 0.6) is 0 Å². The monoisotopic (exact) mass is 330 g/mol. The molecule has 1 N–H and O–H groups in total. The summed E-state index contributed by atoms with van der Waals surface area (Å²) in [6.07, 6.45) is 2.64. The summed E-state index contributed by atoms with van der Waals surface area (Å²) in [6, 6.07) is 1.33. The molecule has 2 unspecified atom stereocenters. The number of nitrogens with zero attached hydrogens (tertiary/aromatic N) is 3. The van der Waals surface area contributed by atoms with Gasteiger partial charge in [-0.05, 0) is 32.7 Å². The number of nitrogens with one attached hydrogen (secondary N) is 1. The van der Waals surface area contributed by atoms with Crippen molar-refractivity contribution in [3.8, 4) is 6.07 Å². The van der Waals surface area contributed by atoms with Crippen LogP contribution in [0, 0.1) is 11.3 Å². The van der Waals surface area contributed by atoms with E-state index in [0.29, 0.717) is 24.9 Å². The highest BCUT2D eigenvalue weighted by Gasteiger charge is 2.28. The van der Waals surface area contributed by atoms with Crippen molar-refractivity contribution in [2.75, 3.05) is 26.2 Å². The zero-order chi connectivity index (χ0) is 16.6. The summed E-state index contributed by atoms with van der Waals surface area (Å²) in [5.41, 5.74) is 0.369. The van der Waals surface area contributed by atoms with E-state index in [1.54, 1.807) is 0 Å². The van der Waals surface area contributed by atoms with Crippen LogP contribution in [0.15, 0.2) is 0 Å². The van der Waals surface area contributed by atoms with Crippen LogP contribution < -0.4 is 5.32 Å². The molecular formula is C15H27FN4OS. The Labute approximate surface area is 138 Å². The fourth-order valence-corrected chi connectivity index (χ4v) is 2.99. The summed E-state index contributed by atoms with van der Waals surface area (Å²) in [5.74, 6) is 0. The van der Waals surface area contributed by atoms with Crippen molar-refractivity contribution in [2.45, 2.75) is 57.3 Å². The second-order valence-corrected chi connectivity index (χ2v) is 6.72. The Morgan fingerprint density at radius 2 is 2.09 bits per heavy atom. The molecule has 2 aliphatic heterocycles. The largest absolute Gasteiger partial charge is 0.329 e. The molecule has 2 saturated heterocycles. The standard InChI is InChI=1S/C8H18N2S.C7H9FN2O/c1-3-9-8(2)4-6-10(11)7-5-8;8-6-1-2-10(5-11)7(3-6)4-9/h9,11H,3-7H2,1-2H3;5-7H,1-3H2. The summed E-state index contributed by atoms with van der Waals surface area (Å²) in [5, 5.41) is 12.0. The molecule has 0 aromatic carbocycles. The Hall–Kier alpha value is -0.840. The molecule has 0 spiro atoms. The molecule has 2 heterocycles. The maximum absolute atomic E-state index is 12.6. The molecule has 126 valence electrons. The van der Waals surface area contributed by atoms with Gasteiger partial charge in [0.2, 0.25) is 6.41 Å². The van der Waals surface area contributed by atoms with E-state index in [2.05, 4.69) is 36.3 Å². The number of likely N-dealkylation sites (tertiary alicyclic amines) is 1. The first-order valence-electron chi connectivity index (χ1n) is 7.87. The second-order valence-electron chi connectivity index (χ2n) is 6.15. The van der Waals surface area contributed by atoms with Crippen molar-refractivity contribution >= 4 is 19.2 Å². The molecule has 2 rings (SSSR count). The van der Waals surface area contributed by atoms with Crippen LogP contribution in [-0.2, 0) is 4.79 Å². The Kier molecular flexibility index (Phi) is 8.15. The Morgan fingerprint density at radius 3 is 2.59 bits per heavy atom. The lowest BCUT2D eigenvalue weighted by atomic mass is 9.91. The van der Waals surface area contributed by atoms with Gasteiger partial charge in [-0.3, -0.25) is 9.10 Å². The highest BCUT2D eigenvalue weighted by molar-refractivity contribution is 7.77. The van der Waals surface area contributed by atoms with Crippen molar-refractivity contribution in [3.05, 3.63) is 0 Å². The molecule has 0 aromatic rings. The molecular weight excluding hydrogens is 303 g/mol. The zero-order valence-electron chi connectivity index (χ0n) is 13.5. The fraction of sp³-hybridized carbons (Fsp3) is 0.867. The maximum Gasteiger partial charge on any atom is 0.210 e. The average molecular weight is 330 g/mol. The Morgan fingerprint density at radius 1 is 1.45 bits per heavy atom. The molecule has 0 bridgehead atoms. The summed E-state index contributed by atoms with van der Waals surface area (Å²) < 4.78 is 14.7. The average Bonchev–Trinajstić information content (AvgIpc) is 2.51. The minimum absolute atomic E-state index is 0.162. The number of halogens is 1. The van der Waals surface area contributed by atoms with Crippen LogP contribution in [0.2, 0.25) is 0 Å². The number of carbonyl (C=O) groups is 1. The van der Waals surface area contributed by atoms with Crippen molar-refractivity contribution in [3.63, 3.8) is 0 Å². The lowest BCUT2D eigenvalue weighted by Crippen LogP contribution is -2.49. The van der Waals surface area contributed by atoms with Gasteiger partial charge in [0.25, 0.3) is 0 Å². The summed E-state index contributed by atoms with van der Waals surface area (Å²) in [4.78, 5) is 11.6. The third-order valence-electron chi connectivity index (χ3n) is 4.31. The number of carbonyl (C=O) groups excluding carboxylic acids is 1. The van der Waals surface area contributed by atoms with E-state index in [0.717, 1.165) is 19.6 Å². The van der Waals surface area contributed by atoms with Gasteiger partial charge in [-0.15, -0.1) is 0 Å². The van der Waals surface area contributed by atoms with Crippen molar-refractivity contribution in [1.29, 1.82) is 5.26 Å². The number of piperidine rings is 2. The molecule has 0 radical (unpaired) electrons. The number of hydrogen-bond acceptors (Lipinski definition) is 5. The summed E-state index contributed by atoms with van der Waals surface area (Å²) in [6.45, 7) is 8.11. The normalized spacial score (nSPS) is 28.2. The van der Waals surface area contributed by atoms with Crippen LogP contribution in [0.1, 0.15) is 39.5 Å². The SMILES string of the molecule is CCNC1(C)CCN(S)CC1.N#CC1CC(F)CCN1C=O. The third kappa shape index (κ3) is 6.11. The van der Waals surface area contributed by atoms with Gasteiger partial charge >= 0.3 is 0 Å². The van der Waals surface area contributed by atoms with Crippen LogP contribution in [-0.4, -0.2) is 59.5 Å². The number of alkyl halides is 1. The first kappa shape index (κ1) is 19.2. The van der Waals surface area contributed by atoms with Gasteiger partial charge in [0, 0.05) is 31.6 Å². The van der Waals surface area contributed by atoms with E-state index in [-0.39, 0.29) is 6.42 Å². The molecule has 22 heavy (non-hydrogen) atoms. The Balaban J connectivity index is 0.000000220. The van der Waals surface area contributed by atoms with Crippen LogP contribution in [0.3, 0.4) is 0 Å². The van der Waals surface area contributed by atoms with Crippen LogP contribution in [0.25, 0.3) is 0 Å². The van der Waals surface area contributed by atoms with Gasteiger partial charge in [0.15, 0.2) is 0 Å². The van der Waals surface area contributed by atoms with Crippen LogP contribution >= 0.6 is 12.8 Å². The van der Waals surface area contributed by atoms with E-state index >= 15 is 0 Å². The van der Waals surface area contributed by atoms with E-state index in [9.17, 15) is 9.18 Å². The number of thiol groups is 1. The third-order valence-corrected chi connectivity index (χ3v) is 4.71. The quantitative estimate of drug-likeness (QED) is 0.611. The molecule has 5 nitrogen and oxygen atoms in total. The summed E-state index contributed by atoms with van der Waals surface area (Å²) >= 11 is 4.31. The maximum atomic E-state index is 12.6. The molecule has 0 aliphatic carbocycles. The highest BCUT2D eigenvalue weighted by atomic mass is 32.1. The van der Waals surface area contributed by atoms with E-state index in [4.69, 9.17) is 5.26 Å². The van der Waals surface area contributed by atoms with Crippen molar-refractivity contribution < 1.29 is 9.18 Å². The number of nitriles is 1.